The van der Waals surface area contributed by atoms with Gasteiger partial charge in [0, 0.05) is 10.7 Å². The monoisotopic (exact) mass is 319 g/mol. The first-order valence-electron chi connectivity index (χ1n) is 6.76. The van der Waals surface area contributed by atoms with Crippen molar-refractivity contribution in [1.82, 2.24) is 14.5 Å². The van der Waals surface area contributed by atoms with Crippen LogP contribution in [0, 0.1) is 6.92 Å². The smallest absolute Gasteiger partial charge is 0.160 e. The van der Waals surface area contributed by atoms with Crippen LogP contribution in [0.2, 0.25) is 5.02 Å². The molecule has 0 radical (unpaired) electrons. The summed E-state index contributed by atoms with van der Waals surface area (Å²) in [6.07, 6.45) is 0. The van der Waals surface area contributed by atoms with E-state index in [4.69, 9.17) is 23.2 Å². The summed E-state index contributed by atoms with van der Waals surface area (Å²) in [5.41, 5.74) is 3.79. The number of hydrogen-bond donors (Lipinski definition) is 0. The van der Waals surface area contributed by atoms with Crippen LogP contribution in [0.1, 0.15) is 30.0 Å². The van der Waals surface area contributed by atoms with E-state index in [2.05, 4.69) is 27.5 Å². The normalized spacial score (nSPS) is 12.8. The van der Waals surface area contributed by atoms with Crippen LogP contribution in [0.5, 0.6) is 0 Å². The zero-order valence-electron chi connectivity index (χ0n) is 11.8. The largest absolute Gasteiger partial charge is 0.304 e. The van der Waals surface area contributed by atoms with Gasteiger partial charge in [0.25, 0.3) is 0 Å². The van der Waals surface area contributed by atoms with Gasteiger partial charge in [-0.15, -0.1) is 11.6 Å². The number of hydrogen-bond acceptors (Lipinski definition) is 2. The molecule has 0 N–H and O–H groups in total. The van der Waals surface area contributed by atoms with Gasteiger partial charge in [-0.25, -0.2) is 9.97 Å². The fourth-order valence-electron chi connectivity index (χ4n) is 2.53. The molecule has 1 aromatic carbocycles. The molecule has 0 amide bonds. The molecule has 3 rings (SSSR count). The Kier molecular flexibility index (Phi) is 3.87. The Morgan fingerprint density at radius 3 is 2.71 bits per heavy atom. The standard InChI is InChI=1S/C16H15Cl2N3/c1-10-6-7-14-16(19-10)21(15(9-17)20-14)11(2)12-4-3-5-13(18)8-12/h3-8,11H,9H2,1-2H3. The summed E-state index contributed by atoms with van der Waals surface area (Å²) < 4.78 is 2.08. The van der Waals surface area contributed by atoms with Gasteiger partial charge in [0.1, 0.15) is 11.3 Å². The Bertz CT molecular complexity index is 795. The van der Waals surface area contributed by atoms with Crippen LogP contribution in [0.4, 0.5) is 0 Å². The topological polar surface area (TPSA) is 30.7 Å². The fraction of sp³-hybridized carbons (Fsp3) is 0.250. The molecule has 0 saturated carbocycles. The summed E-state index contributed by atoms with van der Waals surface area (Å²) in [5.74, 6) is 1.16. The van der Waals surface area contributed by atoms with Crippen molar-refractivity contribution in [3.8, 4) is 0 Å². The lowest BCUT2D eigenvalue weighted by Gasteiger charge is -2.17. The molecular weight excluding hydrogens is 305 g/mol. The molecule has 0 aliphatic rings. The third kappa shape index (κ3) is 2.63. The van der Waals surface area contributed by atoms with E-state index in [1.165, 1.54) is 0 Å². The van der Waals surface area contributed by atoms with E-state index in [1.807, 2.05) is 37.3 Å². The minimum Gasteiger partial charge on any atom is -0.304 e. The highest BCUT2D eigenvalue weighted by Gasteiger charge is 2.18. The van der Waals surface area contributed by atoms with Crippen molar-refractivity contribution >= 4 is 34.4 Å². The summed E-state index contributed by atoms with van der Waals surface area (Å²) in [7, 11) is 0. The third-order valence-corrected chi connectivity index (χ3v) is 4.06. The van der Waals surface area contributed by atoms with Gasteiger partial charge in [-0.1, -0.05) is 23.7 Å². The quantitative estimate of drug-likeness (QED) is 0.653. The fourth-order valence-corrected chi connectivity index (χ4v) is 2.92. The van der Waals surface area contributed by atoms with E-state index < -0.39 is 0 Å². The van der Waals surface area contributed by atoms with E-state index in [0.29, 0.717) is 5.88 Å². The summed E-state index contributed by atoms with van der Waals surface area (Å²) in [4.78, 5) is 9.20. The van der Waals surface area contributed by atoms with E-state index in [9.17, 15) is 0 Å². The maximum absolute atomic E-state index is 6.10. The van der Waals surface area contributed by atoms with Gasteiger partial charge in [-0.05, 0) is 43.7 Å². The van der Waals surface area contributed by atoms with Crippen LogP contribution in [-0.4, -0.2) is 14.5 Å². The van der Waals surface area contributed by atoms with Gasteiger partial charge in [0.15, 0.2) is 5.65 Å². The number of aryl methyl sites for hydroxylation is 1. The van der Waals surface area contributed by atoms with Crippen molar-refractivity contribution in [2.75, 3.05) is 0 Å². The molecule has 1 unspecified atom stereocenters. The molecule has 0 saturated heterocycles. The highest BCUT2D eigenvalue weighted by atomic mass is 35.5. The zero-order chi connectivity index (χ0) is 15.0. The molecule has 0 aliphatic heterocycles. The number of pyridine rings is 1. The van der Waals surface area contributed by atoms with Crippen LogP contribution in [-0.2, 0) is 5.88 Å². The number of fused-ring (bicyclic) bond motifs is 1. The first-order valence-corrected chi connectivity index (χ1v) is 7.67. The maximum Gasteiger partial charge on any atom is 0.160 e. The second-order valence-corrected chi connectivity index (χ2v) is 5.76. The molecule has 0 fully saturated rings. The second kappa shape index (κ2) is 5.66. The van der Waals surface area contributed by atoms with Crippen LogP contribution in [0.15, 0.2) is 36.4 Å². The lowest BCUT2D eigenvalue weighted by Crippen LogP contribution is -2.10. The van der Waals surface area contributed by atoms with Crippen molar-refractivity contribution in [2.24, 2.45) is 0 Å². The predicted molar refractivity (Wildman–Crippen MR) is 87.1 cm³/mol. The number of benzene rings is 1. The summed E-state index contributed by atoms with van der Waals surface area (Å²) in [5, 5.41) is 0.723. The molecule has 2 heterocycles. The molecule has 2 aromatic heterocycles. The average molecular weight is 320 g/mol. The highest BCUT2D eigenvalue weighted by Crippen LogP contribution is 2.27. The Morgan fingerprint density at radius 1 is 1.19 bits per heavy atom. The minimum absolute atomic E-state index is 0.0664. The van der Waals surface area contributed by atoms with Crippen molar-refractivity contribution in [3.63, 3.8) is 0 Å². The Hall–Kier alpha value is -1.58. The Labute approximate surface area is 133 Å². The minimum atomic E-state index is 0.0664. The lowest BCUT2D eigenvalue weighted by molar-refractivity contribution is 0.628. The van der Waals surface area contributed by atoms with Crippen molar-refractivity contribution in [1.29, 1.82) is 0 Å². The van der Waals surface area contributed by atoms with Gasteiger partial charge >= 0.3 is 0 Å². The SMILES string of the molecule is Cc1ccc2nc(CCl)n(C(C)c3cccc(Cl)c3)c2n1. The number of rotatable bonds is 3. The van der Waals surface area contributed by atoms with Crippen LogP contribution >= 0.6 is 23.2 Å². The molecule has 0 spiro atoms. The summed E-state index contributed by atoms with van der Waals surface area (Å²) in [6, 6.07) is 11.8. The molecule has 21 heavy (non-hydrogen) atoms. The zero-order valence-corrected chi connectivity index (χ0v) is 13.4. The van der Waals surface area contributed by atoms with Crippen LogP contribution in [0.25, 0.3) is 11.2 Å². The van der Waals surface area contributed by atoms with E-state index >= 15 is 0 Å². The second-order valence-electron chi connectivity index (χ2n) is 5.06. The third-order valence-electron chi connectivity index (χ3n) is 3.59. The molecule has 3 aromatic rings. The van der Waals surface area contributed by atoms with Crippen molar-refractivity contribution in [2.45, 2.75) is 25.8 Å². The van der Waals surface area contributed by atoms with Crippen molar-refractivity contribution < 1.29 is 0 Å². The first-order chi connectivity index (χ1) is 10.1. The number of alkyl halides is 1. The number of nitrogens with zero attached hydrogens (tertiary/aromatic N) is 3. The van der Waals surface area contributed by atoms with Crippen LogP contribution < -0.4 is 0 Å². The summed E-state index contributed by atoms with van der Waals surface area (Å²) in [6.45, 7) is 4.08. The average Bonchev–Trinajstić information content (AvgIpc) is 2.84. The van der Waals surface area contributed by atoms with Crippen LogP contribution in [0.3, 0.4) is 0 Å². The van der Waals surface area contributed by atoms with Crippen molar-refractivity contribution in [3.05, 3.63) is 58.5 Å². The van der Waals surface area contributed by atoms with Gasteiger partial charge < -0.3 is 4.57 Å². The molecular formula is C16H15Cl2N3. The maximum atomic E-state index is 6.10. The van der Waals surface area contributed by atoms with E-state index in [-0.39, 0.29) is 6.04 Å². The van der Waals surface area contributed by atoms with E-state index in [1.54, 1.807) is 0 Å². The Balaban J connectivity index is 2.20. The molecule has 3 nitrogen and oxygen atoms in total. The molecule has 0 aliphatic carbocycles. The number of imidazole rings is 1. The number of halogens is 2. The molecule has 0 bridgehead atoms. The van der Waals surface area contributed by atoms with Gasteiger partial charge in [0.05, 0.1) is 11.9 Å². The highest BCUT2D eigenvalue weighted by molar-refractivity contribution is 6.30. The van der Waals surface area contributed by atoms with Gasteiger partial charge in [0.2, 0.25) is 0 Å². The molecule has 108 valence electrons. The van der Waals surface area contributed by atoms with Gasteiger partial charge in [-0.3, -0.25) is 0 Å². The molecule has 1 atom stereocenters. The van der Waals surface area contributed by atoms with E-state index in [0.717, 1.165) is 33.3 Å². The summed E-state index contributed by atoms with van der Waals surface area (Å²) >= 11 is 12.2. The number of aromatic nitrogens is 3. The first kappa shape index (κ1) is 14.4. The Morgan fingerprint density at radius 2 is 2.00 bits per heavy atom. The lowest BCUT2D eigenvalue weighted by atomic mass is 10.1. The molecule has 5 heteroatoms. The predicted octanol–water partition coefficient (Wildman–Crippen LogP) is 4.74. The van der Waals surface area contributed by atoms with Gasteiger partial charge in [-0.2, -0.15) is 0 Å².